The monoisotopic (exact) mass is 348 g/mol. The van der Waals surface area contributed by atoms with Crippen LogP contribution >= 0.6 is 11.3 Å². The number of rotatable bonds is 8. The Kier molecular flexibility index (Phi) is 6.74. The van der Waals surface area contributed by atoms with Crippen molar-refractivity contribution in [2.45, 2.75) is 26.2 Å². The molecule has 2 aromatic rings. The van der Waals surface area contributed by atoms with Crippen molar-refractivity contribution in [1.82, 2.24) is 4.98 Å². The Morgan fingerprint density at radius 1 is 1.25 bits per heavy atom. The van der Waals surface area contributed by atoms with Crippen molar-refractivity contribution in [3.8, 4) is 5.75 Å². The summed E-state index contributed by atoms with van der Waals surface area (Å²) in [4.78, 5) is 27.2. The molecule has 0 aliphatic heterocycles. The van der Waals surface area contributed by atoms with Crippen molar-refractivity contribution in [2.75, 3.05) is 19.0 Å². The average molecular weight is 348 g/mol. The van der Waals surface area contributed by atoms with Gasteiger partial charge < -0.3 is 9.47 Å². The third-order valence-corrected chi connectivity index (χ3v) is 3.99. The van der Waals surface area contributed by atoms with Crippen molar-refractivity contribution < 1.29 is 19.1 Å². The third-order valence-electron chi connectivity index (χ3n) is 3.18. The number of aryl methyl sites for hydroxylation is 1. The van der Waals surface area contributed by atoms with Crippen LogP contribution in [0, 0.1) is 0 Å². The van der Waals surface area contributed by atoms with Crippen LogP contribution < -0.4 is 10.1 Å². The normalized spacial score (nSPS) is 10.2. The summed E-state index contributed by atoms with van der Waals surface area (Å²) < 4.78 is 10.0. The van der Waals surface area contributed by atoms with Gasteiger partial charge in [0, 0.05) is 5.38 Å². The summed E-state index contributed by atoms with van der Waals surface area (Å²) in [7, 11) is 1.32. The summed E-state index contributed by atoms with van der Waals surface area (Å²) in [6, 6.07) is 7.71. The number of nitrogens with zero attached hydrogens (tertiary/aromatic N) is 1. The molecule has 0 spiro atoms. The van der Waals surface area contributed by atoms with Gasteiger partial charge in [-0.05, 0) is 24.1 Å². The highest BCUT2D eigenvalue weighted by Gasteiger charge is 2.10. The van der Waals surface area contributed by atoms with Gasteiger partial charge in [-0.2, -0.15) is 0 Å². The molecule has 1 aromatic heterocycles. The average Bonchev–Trinajstić information content (AvgIpc) is 3.01. The lowest BCUT2D eigenvalue weighted by molar-refractivity contribution is -0.139. The standard InChI is InChI=1S/C17H20N2O4S/c1-3-4-12-5-7-14(8-6-12)23-10-15(20)19-17-18-13(11-24-17)9-16(21)22-2/h5-8,11H,3-4,9-10H2,1-2H3,(H,18,19,20). The fraction of sp³-hybridized carbons (Fsp3) is 0.353. The molecule has 0 bridgehead atoms. The molecule has 0 aliphatic carbocycles. The first-order valence-electron chi connectivity index (χ1n) is 7.63. The van der Waals surface area contributed by atoms with Crippen LogP contribution in [0.5, 0.6) is 5.75 Å². The highest BCUT2D eigenvalue weighted by molar-refractivity contribution is 7.13. The molecule has 1 N–H and O–H groups in total. The second-order valence-electron chi connectivity index (χ2n) is 5.13. The highest BCUT2D eigenvalue weighted by Crippen LogP contribution is 2.17. The third kappa shape index (κ3) is 5.66. The number of amides is 1. The maximum absolute atomic E-state index is 11.9. The molecular formula is C17H20N2O4S. The molecule has 1 amide bonds. The number of benzene rings is 1. The summed E-state index contributed by atoms with van der Waals surface area (Å²) >= 11 is 1.25. The van der Waals surface area contributed by atoms with Crippen LogP contribution in [0.25, 0.3) is 0 Å². The molecule has 0 saturated heterocycles. The molecule has 6 nitrogen and oxygen atoms in total. The first-order chi connectivity index (χ1) is 11.6. The fourth-order valence-electron chi connectivity index (χ4n) is 2.01. The van der Waals surface area contributed by atoms with Gasteiger partial charge in [0.25, 0.3) is 5.91 Å². The first-order valence-corrected chi connectivity index (χ1v) is 8.51. The number of hydrogen-bond donors (Lipinski definition) is 1. The van der Waals surface area contributed by atoms with Gasteiger partial charge in [0.05, 0.1) is 19.2 Å². The van der Waals surface area contributed by atoms with E-state index in [1.54, 1.807) is 5.38 Å². The van der Waals surface area contributed by atoms with Gasteiger partial charge in [0.15, 0.2) is 11.7 Å². The van der Waals surface area contributed by atoms with Gasteiger partial charge in [0.2, 0.25) is 0 Å². The molecule has 7 heteroatoms. The number of esters is 1. The number of aromatic nitrogens is 1. The molecule has 1 aromatic carbocycles. The molecule has 0 radical (unpaired) electrons. The number of thiazole rings is 1. The molecule has 128 valence electrons. The van der Waals surface area contributed by atoms with Crippen molar-refractivity contribution in [3.63, 3.8) is 0 Å². The molecule has 0 atom stereocenters. The van der Waals surface area contributed by atoms with E-state index in [9.17, 15) is 9.59 Å². The van der Waals surface area contributed by atoms with E-state index in [-0.39, 0.29) is 24.9 Å². The van der Waals surface area contributed by atoms with E-state index in [1.165, 1.54) is 24.0 Å². The minimum absolute atomic E-state index is 0.0868. The van der Waals surface area contributed by atoms with E-state index in [4.69, 9.17) is 4.74 Å². The van der Waals surface area contributed by atoms with E-state index in [2.05, 4.69) is 22.0 Å². The van der Waals surface area contributed by atoms with Crippen LogP contribution in [0.2, 0.25) is 0 Å². The van der Waals surface area contributed by atoms with Crippen LogP contribution in [0.3, 0.4) is 0 Å². The Morgan fingerprint density at radius 3 is 2.67 bits per heavy atom. The first kappa shape index (κ1) is 17.9. The fourth-order valence-corrected chi connectivity index (χ4v) is 2.74. The maximum Gasteiger partial charge on any atom is 0.311 e. The van der Waals surface area contributed by atoms with Gasteiger partial charge in [-0.1, -0.05) is 25.5 Å². The number of hydrogen-bond acceptors (Lipinski definition) is 6. The number of anilines is 1. The zero-order valence-electron chi connectivity index (χ0n) is 13.7. The summed E-state index contributed by atoms with van der Waals surface area (Å²) in [5.41, 5.74) is 1.81. The zero-order chi connectivity index (χ0) is 17.4. The quantitative estimate of drug-likeness (QED) is 0.742. The smallest absolute Gasteiger partial charge is 0.311 e. The van der Waals surface area contributed by atoms with Crippen LogP contribution in [-0.2, 0) is 27.2 Å². The van der Waals surface area contributed by atoms with E-state index in [1.807, 2.05) is 24.3 Å². The van der Waals surface area contributed by atoms with Crippen LogP contribution in [0.15, 0.2) is 29.6 Å². The van der Waals surface area contributed by atoms with Crippen molar-refractivity contribution in [3.05, 3.63) is 40.9 Å². The Balaban J connectivity index is 1.79. The Labute approximate surface area is 144 Å². The predicted molar refractivity (Wildman–Crippen MR) is 92.4 cm³/mol. The summed E-state index contributed by atoms with van der Waals surface area (Å²) in [5.74, 6) is -0.0184. The van der Waals surface area contributed by atoms with E-state index in [0.717, 1.165) is 12.8 Å². The molecular weight excluding hydrogens is 328 g/mol. The predicted octanol–water partition coefficient (Wildman–Crippen LogP) is 2.83. The van der Waals surface area contributed by atoms with Crippen molar-refractivity contribution in [2.24, 2.45) is 0 Å². The van der Waals surface area contributed by atoms with Gasteiger partial charge in [-0.15, -0.1) is 11.3 Å². The van der Waals surface area contributed by atoms with E-state index < -0.39 is 0 Å². The van der Waals surface area contributed by atoms with Gasteiger partial charge in [-0.25, -0.2) is 4.98 Å². The Bertz CT molecular complexity index is 682. The lowest BCUT2D eigenvalue weighted by atomic mass is 10.1. The van der Waals surface area contributed by atoms with Crippen LogP contribution in [0.4, 0.5) is 5.13 Å². The summed E-state index contributed by atoms with van der Waals surface area (Å²) in [6.07, 6.45) is 2.20. The van der Waals surface area contributed by atoms with Crippen LogP contribution in [-0.4, -0.2) is 30.6 Å². The number of methoxy groups -OCH3 is 1. The van der Waals surface area contributed by atoms with Gasteiger partial charge in [-0.3, -0.25) is 14.9 Å². The molecule has 1 heterocycles. The Morgan fingerprint density at radius 2 is 2.00 bits per heavy atom. The molecule has 2 rings (SSSR count). The second kappa shape index (κ2) is 9.02. The summed E-state index contributed by atoms with van der Waals surface area (Å²) in [5, 5.41) is 4.79. The number of ether oxygens (including phenoxy) is 2. The molecule has 0 fully saturated rings. The van der Waals surface area contributed by atoms with Crippen molar-refractivity contribution in [1.29, 1.82) is 0 Å². The zero-order valence-corrected chi connectivity index (χ0v) is 14.5. The number of carbonyl (C=O) groups excluding carboxylic acids is 2. The van der Waals surface area contributed by atoms with E-state index in [0.29, 0.717) is 16.6 Å². The van der Waals surface area contributed by atoms with Gasteiger partial charge >= 0.3 is 5.97 Å². The van der Waals surface area contributed by atoms with E-state index >= 15 is 0 Å². The van der Waals surface area contributed by atoms with Crippen LogP contribution in [0.1, 0.15) is 24.6 Å². The minimum atomic E-state index is -0.368. The molecule has 0 aliphatic rings. The maximum atomic E-state index is 11.9. The van der Waals surface area contributed by atoms with Gasteiger partial charge in [0.1, 0.15) is 5.75 Å². The SMILES string of the molecule is CCCc1ccc(OCC(=O)Nc2nc(CC(=O)OC)cs2)cc1. The number of nitrogens with one attached hydrogen (secondary N) is 1. The lowest BCUT2D eigenvalue weighted by Gasteiger charge is -2.06. The molecule has 24 heavy (non-hydrogen) atoms. The Hall–Kier alpha value is -2.41. The minimum Gasteiger partial charge on any atom is -0.484 e. The highest BCUT2D eigenvalue weighted by atomic mass is 32.1. The molecule has 0 saturated carbocycles. The number of carbonyl (C=O) groups is 2. The molecule has 0 unspecified atom stereocenters. The summed E-state index contributed by atoms with van der Waals surface area (Å²) in [6.45, 7) is 2.03. The lowest BCUT2D eigenvalue weighted by Crippen LogP contribution is -2.20. The largest absolute Gasteiger partial charge is 0.484 e. The second-order valence-corrected chi connectivity index (χ2v) is 5.99. The topological polar surface area (TPSA) is 77.5 Å². The van der Waals surface area contributed by atoms with Crippen molar-refractivity contribution >= 4 is 28.3 Å².